The van der Waals surface area contributed by atoms with Crippen LogP contribution in [0, 0.1) is 0 Å². The largest absolute Gasteiger partial charge is 0.308 e. The van der Waals surface area contributed by atoms with Gasteiger partial charge in [0.25, 0.3) is 0 Å². The summed E-state index contributed by atoms with van der Waals surface area (Å²) in [6, 6.07) is 11.4. The lowest BCUT2D eigenvalue weighted by atomic mass is 10.1. The van der Waals surface area contributed by atoms with E-state index in [1.807, 2.05) is 43.3 Å². The number of hydrazine groups is 1. The first-order chi connectivity index (χ1) is 9.71. The van der Waals surface area contributed by atoms with Gasteiger partial charge in [0, 0.05) is 28.4 Å². The zero-order chi connectivity index (χ0) is 14.1. The highest BCUT2D eigenvalue weighted by molar-refractivity contribution is 6.30. The smallest absolute Gasteiger partial charge is 0.158 e. The Kier molecular flexibility index (Phi) is 3.30. The maximum absolute atomic E-state index is 6.02. The quantitative estimate of drug-likeness (QED) is 0.574. The monoisotopic (exact) mass is 287 g/mol. The molecule has 0 amide bonds. The molecular weight excluding hydrogens is 274 g/mol. The van der Waals surface area contributed by atoms with Crippen LogP contribution in [0.3, 0.4) is 0 Å². The van der Waals surface area contributed by atoms with Crippen molar-refractivity contribution in [3.8, 4) is 11.3 Å². The first-order valence-electron chi connectivity index (χ1n) is 6.33. The molecule has 1 aromatic carbocycles. The van der Waals surface area contributed by atoms with E-state index < -0.39 is 0 Å². The molecule has 0 unspecified atom stereocenters. The Balaban J connectivity index is 2.19. The van der Waals surface area contributed by atoms with Gasteiger partial charge in [0.15, 0.2) is 5.65 Å². The van der Waals surface area contributed by atoms with Crippen LogP contribution in [0.5, 0.6) is 0 Å². The topological polar surface area (TPSA) is 68.2 Å². The number of nitrogens with two attached hydrogens (primary N) is 1. The molecule has 0 radical (unpaired) electrons. The van der Waals surface area contributed by atoms with Crippen molar-refractivity contribution < 1.29 is 0 Å². The lowest BCUT2D eigenvalue weighted by Crippen LogP contribution is -2.12. The van der Waals surface area contributed by atoms with Crippen LogP contribution in [0.2, 0.25) is 5.02 Å². The van der Waals surface area contributed by atoms with Crippen molar-refractivity contribution in [3.63, 3.8) is 0 Å². The van der Waals surface area contributed by atoms with Gasteiger partial charge in [0.2, 0.25) is 0 Å². The zero-order valence-corrected chi connectivity index (χ0v) is 11.7. The van der Waals surface area contributed by atoms with E-state index in [0.717, 1.165) is 29.0 Å². The number of aryl methyl sites for hydroxylation is 1. The zero-order valence-electron chi connectivity index (χ0n) is 11.0. The van der Waals surface area contributed by atoms with Crippen LogP contribution in [-0.4, -0.2) is 14.6 Å². The number of halogens is 1. The highest BCUT2D eigenvalue weighted by atomic mass is 35.5. The van der Waals surface area contributed by atoms with Crippen LogP contribution >= 0.6 is 11.6 Å². The van der Waals surface area contributed by atoms with E-state index in [0.29, 0.717) is 10.8 Å². The van der Waals surface area contributed by atoms with Gasteiger partial charge in [-0.25, -0.2) is 10.8 Å². The van der Waals surface area contributed by atoms with Gasteiger partial charge in [-0.1, -0.05) is 30.7 Å². The highest BCUT2D eigenvalue weighted by Crippen LogP contribution is 2.24. The van der Waals surface area contributed by atoms with Gasteiger partial charge >= 0.3 is 0 Å². The van der Waals surface area contributed by atoms with Gasteiger partial charge in [-0.2, -0.15) is 9.61 Å². The number of rotatable bonds is 3. The van der Waals surface area contributed by atoms with E-state index in [2.05, 4.69) is 15.5 Å². The summed E-state index contributed by atoms with van der Waals surface area (Å²) in [6.45, 7) is 2.05. The van der Waals surface area contributed by atoms with Gasteiger partial charge in [0.1, 0.15) is 5.82 Å². The van der Waals surface area contributed by atoms with Crippen molar-refractivity contribution in [1.82, 2.24) is 14.6 Å². The fourth-order valence-electron chi connectivity index (χ4n) is 2.10. The Bertz CT molecular complexity index is 765. The van der Waals surface area contributed by atoms with Crippen LogP contribution in [0.25, 0.3) is 16.9 Å². The Hall–Kier alpha value is -2.11. The van der Waals surface area contributed by atoms with Crippen molar-refractivity contribution in [2.45, 2.75) is 13.3 Å². The number of hydrogen-bond donors (Lipinski definition) is 2. The maximum atomic E-state index is 6.02. The molecule has 0 aliphatic heterocycles. The number of aromatic nitrogens is 3. The molecule has 0 saturated heterocycles. The molecule has 3 rings (SSSR count). The third-order valence-electron chi connectivity index (χ3n) is 3.11. The maximum Gasteiger partial charge on any atom is 0.158 e. The summed E-state index contributed by atoms with van der Waals surface area (Å²) >= 11 is 6.02. The van der Waals surface area contributed by atoms with E-state index >= 15 is 0 Å². The van der Waals surface area contributed by atoms with Gasteiger partial charge < -0.3 is 5.43 Å². The third-order valence-corrected chi connectivity index (χ3v) is 3.35. The summed E-state index contributed by atoms with van der Waals surface area (Å²) in [7, 11) is 0. The molecule has 0 aliphatic carbocycles. The van der Waals surface area contributed by atoms with Crippen LogP contribution < -0.4 is 11.3 Å². The Morgan fingerprint density at radius 1 is 1.30 bits per heavy atom. The second-order valence-corrected chi connectivity index (χ2v) is 4.88. The number of nitrogen functional groups attached to an aromatic ring is 1. The molecule has 20 heavy (non-hydrogen) atoms. The number of hydrogen-bond acceptors (Lipinski definition) is 4. The molecule has 2 aromatic heterocycles. The Morgan fingerprint density at radius 3 is 2.85 bits per heavy atom. The lowest BCUT2D eigenvalue weighted by molar-refractivity contribution is 0.913. The van der Waals surface area contributed by atoms with E-state index in [1.165, 1.54) is 0 Å². The fraction of sp³-hybridized carbons (Fsp3) is 0.143. The van der Waals surface area contributed by atoms with Crippen LogP contribution in [0.1, 0.15) is 12.6 Å². The lowest BCUT2D eigenvalue weighted by Gasteiger charge is -2.05. The van der Waals surface area contributed by atoms with Crippen molar-refractivity contribution in [3.05, 3.63) is 47.1 Å². The van der Waals surface area contributed by atoms with Crippen LogP contribution in [0.4, 0.5) is 5.82 Å². The van der Waals surface area contributed by atoms with Crippen molar-refractivity contribution in [1.29, 1.82) is 0 Å². The van der Waals surface area contributed by atoms with Gasteiger partial charge in [-0.05, 0) is 18.6 Å². The average molecular weight is 288 g/mol. The van der Waals surface area contributed by atoms with E-state index in [1.54, 1.807) is 4.52 Å². The fourth-order valence-corrected chi connectivity index (χ4v) is 2.29. The minimum absolute atomic E-state index is 0.680. The van der Waals surface area contributed by atoms with E-state index in [-0.39, 0.29) is 0 Å². The SMILES string of the molecule is CCc1cc(NN)n2nc(-c3cccc(Cl)c3)cc2n1. The highest BCUT2D eigenvalue weighted by Gasteiger charge is 2.10. The molecular formula is C14H14ClN5. The van der Waals surface area contributed by atoms with Crippen LogP contribution in [-0.2, 0) is 6.42 Å². The predicted molar refractivity (Wildman–Crippen MR) is 80.6 cm³/mol. The molecule has 102 valence electrons. The van der Waals surface area contributed by atoms with Crippen molar-refractivity contribution in [2.24, 2.45) is 5.84 Å². The molecule has 0 atom stereocenters. The molecule has 0 spiro atoms. The summed E-state index contributed by atoms with van der Waals surface area (Å²) in [6.07, 6.45) is 0.836. The number of fused-ring (bicyclic) bond motifs is 1. The molecule has 3 N–H and O–H groups in total. The first kappa shape index (κ1) is 12.9. The van der Waals surface area contributed by atoms with Gasteiger partial charge in [-0.15, -0.1) is 0 Å². The van der Waals surface area contributed by atoms with E-state index in [9.17, 15) is 0 Å². The van der Waals surface area contributed by atoms with Gasteiger partial charge in [-0.3, -0.25) is 0 Å². The molecule has 0 bridgehead atoms. The standard InChI is InChI=1S/C14H14ClN5/c1-2-11-7-14(18-16)20-13(17-11)8-12(19-20)9-4-3-5-10(15)6-9/h3-8,18H,2,16H2,1H3. The minimum atomic E-state index is 0.680. The molecule has 6 heteroatoms. The summed E-state index contributed by atoms with van der Waals surface area (Å²) in [5.41, 5.74) is 6.13. The second kappa shape index (κ2) is 5.11. The minimum Gasteiger partial charge on any atom is -0.308 e. The average Bonchev–Trinajstić information content (AvgIpc) is 2.90. The Morgan fingerprint density at radius 2 is 2.15 bits per heavy atom. The van der Waals surface area contributed by atoms with E-state index in [4.69, 9.17) is 17.4 Å². The number of nitrogens with one attached hydrogen (secondary N) is 1. The van der Waals surface area contributed by atoms with Crippen molar-refractivity contribution in [2.75, 3.05) is 5.43 Å². The number of nitrogens with zero attached hydrogens (tertiary/aromatic N) is 3. The third kappa shape index (κ3) is 2.21. The van der Waals surface area contributed by atoms with Crippen molar-refractivity contribution >= 4 is 23.1 Å². The van der Waals surface area contributed by atoms with Crippen LogP contribution in [0.15, 0.2) is 36.4 Å². The number of benzene rings is 1. The first-order valence-corrected chi connectivity index (χ1v) is 6.71. The summed E-state index contributed by atoms with van der Waals surface area (Å²) in [5, 5.41) is 5.20. The second-order valence-electron chi connectivity index (χ2n) is 4.44. The summed E-state index contributed by atoms with van der Waals surface area (Å²) in [4.78, 5) is 4.54. The molecule has 2 heterocycles. The summed E-state index contributed by atoms with van der Waals surface area (Å²) < 4.78 is 1.69. The molecule has 0 fully saturated rings. The molecule has 0 saturated carbocycles. The molecule has 5 nitrogen and oxygen atoms in total. The molecule has 0 aliphatic rings. The molecule has 3 aromatic rings. The van der Waals surface area contributed by atoms with Gasteiger partial charge in [0.05, 0.1) is 5.69 Å². The summed E-state index contributed by atoms with van der Waals surface area (Å²) in [5.74, 6) is 6.26. The normalized spacial score (nSPS) is 10.9. The predicted octanol–water partition coefficient (Wildman–Crippen LogP) is 2.90. The number of anilines is 1. The Labute approximate surface area is 121 Å².